The zero-order chi connectivity index (χ0) is 21.3. The molecule has 3 aromatic carbocycles. The van der Waals surface area contributed by atoms with Crippen LogP contribution < -0.4 is 5.32 Å². The molecule has 0 aliphatic carbocycles. The third kappa shape index (κ3) is 3.84. The molecule has 0 saturated heterocycles. The lowest BCUT2D eigenvalue weighted by molar-refractivity contribution is 0.0948. The third-order valence-corrected chi connectivity index (χ3v) is 5.21. The van der Waals surface area contributed by atoms with E-state index in [0.717, 1.165) is 16.7 Å². The van der Waals surface area contributed by atoms with E-state index in [9.17, 15) is 14.3 Å². The van der Waals surface area contributed by atoms with Crippen LogP contribution in [0.5, 0.6) is 5.75 Å². The molecule has 4 nitrogen and oxygen atoms in total. The smallest absolute Gasteiger partial charge is 0.256 e. The van der Waals surface area contributed by atoms with Gasteiger partial charge in [-0.15, -0.1) is 0 Å². The van der Waals surface area contributed by atoms with Crippen LogP contribution in [0.25, 0.3) is 22.0 Å². The highest BCUT2D eigenvalue weighted by atomic mass is 35.5. The highest BCUT2D eigenvalue weighted by Crippen LogP contribution is 2.35. The van der Waals surface area contributed by atoms with E-state index in [1.54, 1.807) is 24.3 Å². The molecule has 1 aromatic heterocycles. The number of carbonyl (C=O) groups is 1. The number of aryl methyl sites for hydroxylation is 1. The molecule has 30 heavy (non-hydrogen) atoms. The number of aromatic nitrogens is 1. The minimum absolute atomic E-state index is 0.0159. The SMILES string of the molecule is Cc1ccccc1-c1cc(F)cc2c(O)c(C(=O)NCc3ccc(Cl)cc3)cnc12. The Kier molecular flexibility index (Phi) is 5.38. The van der Waals surface area contributed by atoms with E-state index in [1.165, 1.54) is 18.3 Å². The van der Waals surface area contributed by atoms with E-state index in [1.807, 2.05) is 31.2 Å². The zero-order valence-corrected chi connectivity index (χ0v) is 16.9. The molecule has 0 saturated carbocycles. The van der Waals surface area contributed by atoms with Crippen molar-refractivity contribution in [1.29, 1.82) is 0 Å². The standard InChI is InChI=1S/C24H18ClFN2O2/c1-14-4-2-3-5-18(14)19-10-17(26)11-20-22(19)27-13-21(23(20)29)24(30)28-12-15-6-8-16(25)9-7-15/h2-11,13H,12H2,1H3,(H,27,29)(H,28,30). The maximum absolute atomic E-state index is 14.4. The Balaban J connectivity index is 1.71. The number of pyridine rings is 1. The molecule has 1 heterocycles. The van der Waals surface area contributed by atoms with Gasteiger partial charge in [-0.25, -0.2) is 4.39 Å². The van der Waals surface area contributed by atoms with Crippen LogP contribution in [0, 0.1) is 12.7 Å². The summed E-state index contributed by atoms with van der Waals surface area (Å²) in [5, 5.41) is 14.3. The molecule has 150 valence electrons. The first kappa shape index (κ1) is 19.9. The Morgan fingerprint density at radius 2 is 1.83 bits per heavy atom. The largest absolute Gasteiger partial charge is 0.506 e. The van der Waals surface area contributed by atoms with Crippen molar-refractivity contribution in [2.45, 2.75) is 13.5 Å². The van der Waals surface area contributed by atoms with Gasteiger partial charge in [0.05, 0.1) is 5.52 Å². The number of amides is 1. The second kappa shape index (κ2) is 8.13. The van der Waals surface area contributed by atoms with Crippen molar-refractivity contribution in [3.63, 3.8) is 0 Å². The van der Waals surface area contributed by atoms with Crippen LogP contribution in [0.4, 0.5) is 4.39 Å². The van der Waals surface area contributed by atoms with Crippen molar-refractivity contribution in [3.8, 4) is 16.9 Å². The van der Waals surface area contributed by atoms with Crippen molar-refractivity contribution in [1.82, 2.24) is 10.3 Å². The van der Waals surface area contributed by atoms with Crippen molar-refractivity contribution in [3.05, 3.63) is 94.4 Å². The first-order valence-corrected chi connectivity index (χ1v) is 9.71. The number of rotatable bonds is 4. The number of aromatic hydroxyl groups is 1. The molecule has 4 aromatic rings. The summed E-state index contributed by atoms with van der Waals surface area (Å²) in [5.41, 5.74) is 3.60. The summed E-state index contributed by atoms with van der Waals surface area (Å²) in [7, 11) is 0. The first-order chi connectivity index (χ1) is 14.4. The normalized spacial score (nSPS) is 10.9. The average molecular weight is 421 g/mol. The highest BCUT2D eigenvalue weighted by molar-refractivity contribution is 6.30. The van der Waals surface area contributed by atoms with E-state index < -0.39 is 11.7 Å². The van der Waals surface area contributed by atoms with Gasteiger partial charge < -0.3 is 10.4 Å². The Hall–Kier alpha value is -3.44. The Morgan fingerprint density at radius 3 is 2.57 bits per heavy atom. The van der Waals surface area contributed by atoms with Crippen LogP contribution in [0.3, 0.4) is 0 Å². The minimum atomic E-state index is -0.517. The fourth-order valence-corrected chi connectivity index (χ4v) is 3.51. The van der Waals surface area contributed by atoms with Crippen LogP contribution in [0.2, 0.25) is 5.02 Å². The number of nitrogens with zero attached hydrogens (tertiary/aromatic N) is 1. The third-order valence-electron chi connectivity index (χ3n) is 4.95. The van der Waals surface area contributed by atoms with E-state index >= 15 is 0 Å². The molecule has 0 aliphatic heterocycles. The number of hydrogen-bond donors (Lipinski definition) is 2. The molecular formula is C24H18ClFN2O2. The van der Waals surface area contributed by atoms with Crippen LogP contribution in [0.15, 0.2) is 66.9 Å². The lowest BCUT2D eigenvalue weighted by Crippen LogP contribution is -2.23. The van der Waals surface area contributed by atoms with Gasteiger partial charge in [-0.05, 0) is 47.9 Å². The van der Waals surface area contributed by atoms with Crippen LogP contribution in [0.1, 0.15) is 21.5 Å². The minimum Gasteiger partial charge on any atom is -0.506 e. The summed E-state index contributed by atoms with van der Waals surface area (Å²) in [5.74, 6) is -1.32. The quantitative estimate of drug-likeness (QED) is 0.449. The van der Waals surface area contributed by atoms with Gasteiger partial charge >= 0.3 is 0 Å². The van der Waals surface area contributed by atoms with Crippen molar-refractivity contribution in [2.24, 2.45) is 0 Å². The lowest BCUT2D eigenvalue weighted by Gasteiger charge is -2.13. The number of fused-ring (bicyclic) bond motifs is 1. The topological polar surface area (TPSA) is 62.2 Å². The number of hydrogen-bond acceptors (Lipinski definition) is 3. The molecule has 0 radical (unpaired) electrons. The van der Waals surface area contributed by atoms with Crippen LogP contribution >= 0.6 is 11.6 Å². The maximum atomic E-state index is 14.4. The molecule has 0 unspecified atom stereocenters. The van der Waals surface area contributed by atoms with E-state index in [0.29, 0.717) is 16.1 Å². The summed E-state index contributed by atoms with van der Waals surface area (Å²) in [4.78, 5) is 17.0. The fraction of sp³-hybridized carbons (Fsp3) is 0.0833. The summed E-state index contributed by atoms with van der Waals surface area (Å²) in [6.45, 7) is 2.18. The van der Waals surface area contributed by atoms with Gasteiger partial charge in [-0.1, -0.05) is 48.0 Å². The summed E-state index contributed by atoms with van der Waals surface area (Å²) in [6.07, 6.45) is 1.31. The second-order valence-electron chi connectivity index (χ2n) is 6.99. The van der Waals surface area contributed by atoms with Crippen LogP contribution in [-0.2, 0) is 6.54 Å². The number of benzene rings is 3. The fourth-order valence-electron chi connectivity index (χ4n) is 3.38. The molecule has 6 heteroatoms. The second-order valence-corrected chi connectivity index (χ2v) is 7.43. The Labute approximate surface area is 178 Å². The van der Waals surface area contributed by atoms with Crippen molar-refractivity contribution >= 4 is 28.4 Å². The molecular weight excluding hydrogens is 403 g/mol. The van der Waals surface area contributed by atoms with Crippen LogP contribution in [-0.4, -0.2) is 16.0 Å². The molecule has 0 atom stereocenters. The molecule has 0 bridgehead atoms. The lowest BCUT2D eigenvalue weighted by atomic mass is 9.97. The summed E-state index contributed by atoms with van der Waals surface area (Å²) < 4.78 is 14.4. The maximum Gasteiger partial charge on any atom is 0.256 e. The van der Waals surface area contributed by atoms with Gasteiger partial charge in [-0.2, -0.15) is 0 Å². The number of carbonyl (C=O) groups excluding carboxylic acids is 1. The molecule has 0 aliphatic rings. The number of nitrogens with one attached hydrogen (secondary N) is 1. The highest BCUT2D eigenvalue weighted by Gasteiger charge is 2.18. The molecule has 2 N–H and O–H groups in total. The molecule has 4 rings (SSSR count). The first-order valence-electron chi connectivity index (χ1n) is 9.34. The molecule has 0 fully saturated rings. The van der Waals surface area contributed by atoms with E-state index in [2.05, 4.69) is 10.3 Å². The van der Waals surface area contributed by atoms with E-state index in [-0.39, 0.29) is 23.2 Å². The average Bonchev–Trinajstić information content (AvgIpc) is 2.74. The van der Waals surface area contributed by atoms with Gasteiger partial charge in [0.25, 0.3) is 5.91 Å². The van der Waals surface area contributed by atoms with Gasteiger partial charge in [0.15, 0.2) is 0 Å². The number of halogens is 2. The van der Waals surface area contributed by atoms with Crippen molar-refractivity contribution < 1.29 is 14.3 Å². The predicted octanol–water partition coefficient (Wildman–Crippen LogP) is 5.64. The van der Waals surface area contributed by atoms with Gasteiger partial charge in [-0.3, -0.25) is 9.78 Å². The molecule has 1 amide bonds. The summed E-state index contributed by atoms with van der Waals surface area (Å²) in [6, 6.07) is 17.2. The Bertz CT molecular complexity index is 1260. The van der Waals surface area contributed by atoms with Crippen molar-refractivity contribution in [2.75, 3.05) is 0 Å². The summed E-state index contributed by atoms with van der Waals surface area (Å²) >= 11 is 5.87. The Morgan fingerprint density at radius 1 is 1.10 bits per heavy atom. The van der Waals surface area contributed by atoms with Gasteiger partial charge in [0.2, 0.25) is 0 Å². The van der Waals surface area contributed by atoms with E-state index in [4.69, 9.17) is 11.6 Å². The monoisotopic (exact) mass is 420 g/mol. The van der Waals surface area contributed by atoms with Gasteiger partial charge in [0.1, 0.15) is 17.1 Å². The predicted molar refractivity (Wildman–Crippen MR) is 116 cm³/mol. The molecule has 0 spiro atoms. The van der Waals surface area contributed by atoms with Gasteiger partial charge in [0, 0.05) is 28.7 Å². The zero-order valence-electron chi connectivity index (χ0n) is 16.1.